The van der Waals surface area contributed by atoms with E-state index in [1.807, 2.05) is 0 Å². The van der Waals surface area contributed by atoms with Gasteiger partial charge in [0.25, 0.3) is 0 Å². The number of nitrogens with zero attached hydrogens (tertiary/aromatic N) is 1. The van der Waals surface area contributed by atoms with Gasteiger partial charge in [-0.2, -0.15) is 0 Å². The molecular formula is C8H16N2. The lowest BCUT2D eigenvalue weighted by Crippen LogP contribution is -2.44. The fourth-order valence-electron chi connectivity index (χ4n) is 0.482. The lowest BCUT2D eigenvalue weighted by atomic mass is 10.3. The molecular weight excluding hydrogens is 124 g/mol. The molecule has 2 aliphatic rings. The highest BCUT2D eigenvalue weighted by molar-refractivity contribution is 4.79. The van der Waals surface area contributed by atoms with Crippen molar-refractivity contribution in [3.63, 3.8) is 0 Å². The molecule has 2 rings (SSSR count). The van der Waals surface area contributed by atoms with Gasteiger partial charge >= 0.3 is 0 Å². The van der Waals surface area contributed by atoms with Gasteiger partial charge in [-0.15, -0.1) is 0 Å². The molecule has 2 nitrogen and oxygen atoms in total. The van der Waals surface area contributed by atoms with E-state index in [0.717, 1.165) is 0 Å². The van der Waals surface area contributed by atoms with Crippen molar-refractivity contribution in [3.8, 4) is 0 Å². The molecule has 0 aromatic heterocycles. The second-order valence-corrected chi connectivity index (χ2v) is 1.67. The fraction of sp³-hybridized carbons (Fsp3) is 1.00. The second-order valence-electron chi connectivity index (χ2n) is 1.67. The lowest BCUT2D eigenvalue weighted by Gasteiger charge is -2.26. The Balaban J connectivity index is 2.73. The summed E-state index contributed by atoms with van der Waals surface area (Å²) in [5.41, 5.74) is 0. The van der Waals surface area contributed by atoms with Crippen LogP contribution in [0.3, 0.4) is 0 Å². The standard InChI is InChI=1S/C8H16N2/c1-2-8(1)7-10-5-3-9-4-6-10/h8-9H,1-7H2/i1D2,2D2,3D2,4D2,5D2,6D2,7D2,8D. The van der Waals surface area contributed by atoms with Crippen LogP contribution in [0.25, 0.3) is 0 Å². The largest absolute Gasteiger partial charge is 0.314 e. The van der Waals surface area contributed by atoms with Crippen molar-refractivity contribution in [2.45, 2.75) is 12.7 Å². The van der Waals surface area contributed by atoms with Crippen LogP contribution in [-0.2, 0) is 0 Å². The molecule has 10 heavy (non-hydrogen) atoms. The van der Waals surface area contributed by atoms with Crippen molar-refractivity contribution in [1.29, 1.82) is 0 Å². The van der Waals surface area contributed by atoms with Crippen LogP contribution in [0.4, 0.5) is 0 Å². The maximum Gasteiger partial charge on any atom is 0.0444 e. The fourth-order valence-corrected chi connectivity index (χ4v) is 0.482. The van der Waals surface area contributed by atoms with Crippen molar-refractivity contribution in [3.05, 3.63) is 0 Å². The van der Waals surface area contributed by atoms with Gasteiger partial charge in [-0.1, -0.05) is 0 Å². The van der Waals surface area contributed by atoms with E-state index in [1.54, 1.807) is 0 Å². The summed E-state index contributed by atoms with van der Waals surface area (Å²) in [5, 5.41) is 1.49. The minimum Gasteiger partial charge on any atom is -0.314 e. The summed E-state index contributed by atoms with van der Waals surface area (Å²) >= 11 is 0. The second kappa shape index (κ2) is 2.89. The third kappa shape index (κ3) is 1.70. The van der Waals surface area contributed by atoms with Crippen LogP contribution in [0, 0.1) is 5.89 Å². The number of nitrogens with one attached hydrogen (secondary N) is 1. The molecule has 1 N–H and O–H groups in total. The summed E-state index contributed by atoms with van der Waals surface area (Å²) in [6.45, 7) is -17.6. The predicted octanol–water partition coefficient (Wildman–Crippen LogP) is 0.302. The van der Waals surface area contributed by atoms with E-state index >= 15 is 0 Å². The molecule has 0 unspecified atom stereocenters. The van der Waals surface area contributed by atoms with Crippen molar-refractivity contribution in [1.82, 2.24) is 10.2 Å². The minimum atomic E-state index is -3.75. The van der Waals surface area contributed by atoms with Crippen molar-refractivity contribution in [2.75, 3.05) is 32.5 Å². The molecule has 1 aliphatic carbocycles. The maximum atomic E-state index is 7.99. The number of piperazine rings is 1. The molecule has 58 valence electrons. The van der Waals surface area contributed by atoms with E-state index in [0.29, 0.717) is 0 Å². The Morgan fingerprint density at radius 2 is 2.30 bits per heavy atom. The monoisotopic (exact) mass is 155 g/mol. The Morgan fingerprint density at radius 3 is 2.90 bits per heavy atom. The van der Waals surface area contributed by atoms with E-state index in [2.05, 4.69) is 0 Å². The molecule has 0 atom stereocenters. The summed E-state index contributed by atoms with van der Waals surface area (Å²) in [7, 11) is 0. The molecule has 0 aromatic rings. The first kappa shape index (κ1) is 1.17. The van der Waals surface area contributed by atoms with Crippen molar-refractivity contribution in [2.24, 2.45) is 5.89 Å². The van der Waals surface area contributed by atoms with Crippen LogP contribution in [0.2, 0.25) is 0 Å². The summed E-state index contributed by atoms with van der Waals surface area (Å²) in [5.74, 6) is -3.32. The zero-order valence-electron chi connectivity index (χ0n) is 19.9. The summed E-state index contributed by atoms with van der Waals surface area (Å²) in [4.78, 5) is -0.543. The molecule has 0 aromatic carbocycles. The van der Waals surface area contributed by atoms with E-state index in [9.17, 15) is 0 Å². The molecule has 2 fully saturated rings. The van der Waals surface area contributed by atoms with Crippen molar-refractivity contribution < 1.29 is 20.6 Å². The molecule has 1 saturated heterocycles. The third-order valence-electron chi connectivity index (χ3n) is 0.934. The van der Waals surface area contributed by atoms with Crippen LogP contribution < -0.4 is 5.32 Å². The zero-order valence-corrected chi connectivity index (χ0v) is 4.95. The number of rotatable bonds is 2. The Morgan fingerprint density at radius 1 is 1.60 bits per heavy atom. The maximum absolute atomic E-state index is 7.99. The first-order chi connectivity index (χ1) is 10.6. The average Bonchev–Trinajstić information content (AvgIpc) is 2.64. The summed E-state index contributed by atoms with van der Waals surface area (Å²) in [6.07, 6.45) is -6.28. The molecule has 0 bridgehead atoms. The van der Waals surface area contributed by atoms with E-state index < -0.39 is 56.0 Å². The van der Waals surface area contributed by atoms with Gasteiger partial charge in [0, 0.05) is 53.0 Å². The molecule has 1 heterocycles. The highest BCUT2D eigenvalue weighted by atomic mass is 15.2. The van der Waals surface area contributed by atoms with E-state index in [1.165, 1.54) is 5.32 Å². The average molecular weight is 155 g/mol. The van der Waals surface area contributed by atoms with Crippen molar-refractivity contribution >= 4 is 0 Å². The first-order valence-electron chi connectivity index (χ1n) is 10.2. The zero-order chi connectivity index (χ0) is 20.3. The van der Waals surface area contributed by atoms with Gasteiger partial charge in [0.2, 0.25) is 0 Å². The van der Waals surface area contributed by atoms with Gasteiger partial charge in [-0.25, -0.2) is 0 Å². The van der Waals surface area contributed by atoms with Crippen LogP contribution >= 0.6 is 0 Å². The first-order valence-corrected chi connectivity index (χ1v) is 2.67. The quantitative estimate of drug-likeness (QED) is 0.617. The Hall–Kier alpha value is -0.0800. The predicted molar refractivity (Wildman–Crippen MR) is 42.0 cm³/mol. The van der Waals surface area contributed by atoms with Gasteiger partial charge in [0.15, 0.2) is 0 Å². The van der Waals surface area contributed by atoms with Crippen LogP contribution in [0.5, 0.6) is 0 Å². The molecule has 1 saturated carbocycles. The molecule has 1 aliphatic heterocycles. The smallest absolute Gasteiger partial charge is 0.0444 e. The minimum absolute atomic E-state index is 0.543. The van der Waals surface area contributed by atoms with Crippen LogP contribution in [-0.4, -0.2) is 37.4 Å². The topological polar surface area (TPSA) is 15.3 Å². The highest BCUT2D eigenvalue weighted by Crippen LogP contribution is 2.29. The molecule has 0 spiro atoms. The molecule has 2 heteroatoms. The van der Waals surface area contributed by atoms with Gasteiger partial charge in [0.05, 0.1) is 0 Å². The lowest BCUT2D eigenvalue weighted by molar-refractivity contribution is 0.232. The van der Waals surface area contributed by atoms with Crippen LogP contribution in [0.1, 0.15) is 33.3 Å². The molecule has 0 radical (unpaired) electrons. The summed E-state index contributed by atoms with van der Waals surface area (Å²) < 4.78 is 116. The van der Waals surface area contributed by atoms with Gasteiger partial charge in [-0.05, 0) is 18.6 Å². The van der Waals surface area contributed by atoms with Gasteiger partial charge in [-0.3, -0.25) is 0 Å². The molecule has 0 amide bonds. The Labute approximate surface area is 83.7 Å². The number of hydrogen-bond donors (Lipinski definition) is 1. The van der Waals surface area contributed by atoms with Gasteiger partial charge in [0.1, 0.15) is 0 Å². The SMILES string of the molecule is [2H]C1([2H])NC([2H])([2H])C([2H])([2H])N(C([2H])([2H])C2([2H])C([2H])([2H])C2([2H])[2H])C1([2H])[2H]. The van der Waals surface area contributed by atoms with E-state index in [4.69, 9.17) is 20.6 Å². The Kier molecular flexibility index (Phi) is 0.339. The van der Waals surface area contributed by atoms with E-state index in [-0.39, 0.29) is 0 Å². The number of hydrogen-bond acceptors (Lipinski definition) is 2. The third-order valence-corrected chi connectivity index (χ3v) is 0.934. The Bertz CT molecular complexity index is 554. The highest BCUT2D eigenvalue weighted by Gasteiger charge is 2.24. The van der Waals surface area contributed by atoms with Gasteiger partial charge < -0.3 is 10.2 Å². The van der Waals surface area contributed by atoms with Crippen LogP contribution in [0.15, 0.2) is 0 Å². The normalized spacial score (nSPS) is 85.8. The summed E-state index contributed by atoms with van der Waals surface area (Å²) in [6, 6.07) is 0.